The van der Waals surface area contributed by atoms with Crippen LogP contribution in [0.15, 0.2) is 4.79 Å². The van der Waals surface area contributed by atoms with Crippen LogP contribution >= 0.6 is 11.3 Å². The zero-order valence-corrected chi connectivity index (χ0v) is 16.4. The number of aryl methyl sites for hydroxylation is 2. The molecule has 2 N–H and O–H groups in total. The van der Waals surface area contributed by atoms with Crippen molar-refractivity contribution in [1.82, 2.24) is 19.7 Å². The molecule has 138 valence electrons. The van der Waals surface area contributed by atoms with Crippen molar-refractivity contribution in [3.8, 4) is 6.07 Å². The molecule has 1 unspecified atom stereocenters. The first-order chi connectivity index (χ1) is 12.9. The lowest BCUT2D eigenvalue weighted by Crippen LogP contribution is -2.28. The zero-order chi connectivity index (χ0) is 19.3. The SMILES string of the molecule is Cc1nn(Cc2nc(N)c3c4c(sc3n2)CC(C)CC4)c(=O)c(C#N)c1C. The topological polar surface area (TPSA) is 110 Å². The van der Waals surface area contributed by atoms with Crippen LogP contribution in [0.3, 0.4) is 0 Å². The summed E-state index contributed by atoms with van der Waals surface area (Å²) in [6.07, 6.45) is 3.21. The van der Waals surface area contributed by atoms with E-state index in [0.29, 0.717) is 28.8 Å². The number of hydrogen-bond acceptors (Lipinski definition) is 7. The number of rotatable bonds is 2. The summed E-state index contributed by atoms with van der Waals surface area (Å²) in [4.78, 5) is 23.8. The smallest absolute Gasteiger partial charge is 0.285 e. The Kier molecular flexibility index (Phi) is 4.19. The first-order valence-electron chi connectivity index (χ1n) is 8.94. The van der Waals surface area contributed by atoms with Gasteiger partial charge in [-0.2, -0.15) is 10.4 Å². The number of nitrogen functional groups attached to an aromatic ring is 1. The largest absolute Gasteiger partial charge is 0.383 e. The summed E-state index contributed by atoms with van der Waals surface area (Å²) in [7, 11) is 0. The average Bonchev–Trinajstić information content (AvgIpc) is 2.97. The second kappa shape index (κ2) is 6.43. The molecule has 1 atom stereocenters. The minimum atomic E-state index is -0.429. The van der Waals surface area contributed by atoms with Crippen LogP contribution in [0.25, 0.3) is 10.2 Å². The van der Waals surface area contributed by atoms with Crippen LogP contribution in [0, 0.1) is 31.1 Å². The van der Waals surface area contributed by atoms with Gasteiger partial charge in [-0.05, 0) is 50.2 Å². The van der Waals surface area contributed by atoms with Gasteiger partial charge in [-0.15, -0.1) is 11.3 Å². The highest BCUT2D eigenvalue weighted by molar-refractivity contribution is 7.19. The van der Waals surface area contributed by atoms with Gasteiger partial charge >= 0.3 is 0 Å². The molecule has 0 saturated carbocycles. The Morgan fingerprint density at radius 1 is 1.37 bits per heavy atom. The van der Waals surface area contributed by atoms with Crippen molar-refractivity contribution in [3.05, 3.63) is 43.4 Å². The molecule has 0 aromatic carbocycles. The van der Waals surface area contributed by atoms with E-state index >= 15 is 0 Å². The highest BCUT2D eigenvalue weighted by atomic mass is 32.1. The molecule has 0 aliphatic heterocycles. The van der Waals surface area contributed by atoms with Crippen LogP contribution in [0.5, 0.6) is 0 Å². The Morgan fingerprint density at radius 3 is 2.89 bits per heavy atom. The van der Waals surface area contributed by atoms with E-state index in [1.165, 1.54) is 15.1 Å². The molecule has 3 heterocycles. The molecule has 0 fully saturated rings. The number of nitriles is 1. The maximum Gasteiger partial charge on any atom is 0.285 e. The third-order valence-electron chi connectivity index (χ3n) is 5.27. The molecular formula is C19H20N6OS. The second-order valence-corrected chi connectivity index (χ2v) is 8.30. The van der Waals surface area contributed by atoms with Crippen LogP contribution < -0.4 is 11.3 Å². The summed E-state index contributed by atoms with van der Waals surface area (Å²) >= 11 is 1.67. The van der Waals surface area contributed by atoms with Crippen molar-refractivity contribution in [2.45, 2.75) is 46.6 Å². The number of fused-ring (bicyclic) bond motifs is 3. The van der Waals surface area contributed by atoms with E-state index in [9.17, 15) is 10.1 Å². The third kappa shape index (κ3) is 2.88. The van der Waals surface area contributed by atoms with E-state index in [4.69, 9.17) is 5.73 Å². The van der Waals surface area contributed by atoms with Gasteiger partial charge in [0.15, 0.2) is 5.82 Å². The molecule has 0 radical (unpaired) electrons. The Hall–Kier alpha value is -2.79. The molecule has 27 heavy (non-hydrogen) atoms. The zero-order valence-electron chi connectivity index (χ0n) is 15.5. The summed E-state index contributed by atoms with van der Waals surface area (Å²) in [5.41, 5.74) is 8.47. The predicted molar refractivity (Wildman–Crippen MR) is 105 cm³/mol. The van der Waals surface area contributed by atoms with Crippen LogP contribution in [0.2, 0.25) is 0 Å². The summed E-state index contributed by atoms with van der Waals surface area (Å²) in [6, 6.07) is 1.97. The Bertz CT molecular complexity index is 1170. The van der Waals surface area contributed by atoms with Gasteiger partial charge in [0, 0.05) is 4.88 Å². The van der Waals surface area contributed by atoms with Gasteiger partial charge in [0.25, 0.3) is 5.56 Å². The van der Waals surface area contributed by atoms with Gasteiger partial charge in [0.05, 0.1) is 11.1 Å². The van der Waals surface area contributed by atoms with Crippen molar-refractivity contribution >= 4 is 27.4 Å². The molecular weight excluding hydrogens is 360 g/mol. The van der Waals surface area contributed by atoms with Crippen molar-refractivity contribution < 1.29 is 0 Å². The fraction of sp³-hybridized carbons (Fsp3) is 0.421. The fourth-order valence-electron chi connectivity index (χ4n) is 3.63. The van der Waals surface area contributed by atoms with Crippen molar-refractivity contribution in [2.75, 3.05) is 5.73 Å². The highest BCUT2D eigenvalue weighted by Crippen LogP contribution is 2.39. The second-order valence-electron chi connectivity index (χ2n) is 7.22. The highest BCUT2D eigenvalue weighted by Gasteiger charge is 2.23. The summed E-state index contributed by atoms with van der Waals surface area (Å²) < 4.78 is 1.25. The average molecular weight is 380 g/mol. The van der Waals surface area contributed by atoms with Crippen molar-refractivity contribution in [1.29, 1.82) is 5.26 Å². The first-order valence-corrected chi connectivity index (χ1v) is 9.75. The molecule has 4 rings (SSSR count). The number of hydrogen-bond donors (Lipinski definition) is 1. The quantitative estimate of drug-likeness (QED) is 0.731. The predicted octanol–water partition coefficient (Wildman–Crippen LogP) is 2.49. The summed E-state index contributed by atoms with van der Waals surface area (Å²) in [5, 5.41) is 14.5. The van der Waals surface area contributed by atoms with E-state index in [1.54, 1.807) is 25.2 Å². The van der Waals surface area contributed by atoms with Crippen LogP contribution in [0.1, 0.15) is 46.4 Å². The Labute approximate surface area is 160 Å². The molecule has 1 aliphatic carbocycles. The van der Waals surface area contributed by atoms with E-state index in [0.717, 1.165) is 29.5 Å². The van der Waals surface area contributed by atoms with Gasteiger partial charge in [0.1, 0.15) is 28.8 Å². The molecule has 0 bridgehead atoms. The molecule has 0 amide bonds. The van der Waals surface area contributed by atoms with Gasteiger partial charge in [-0.25, -0.2) is 14.6 Å². The molecule has 1 aliphatic rings. The lowest BCUT2D eigenvalue weighted by molar-refractivity contribution is 0.509. The molecule has 0 spiro atoms. The number of thiophene rings is 1. The van der Waals surface area contributed by atoms with Crippen LogP contribution in [0.4, 0.5) is 5.82 Å². The van der Waals surface area contributed by atoms with Crippen LogP contribution in [-0.2, 0) is 19.4 Å². The Morgan fingerprint density at radius 2 is 2.15 bits per heavy atom. The summed E-state index contributed by atoms with van der Waals surface area (Å²) in [5.74, 6) is 1.56. The monoisotopic (exact) mass is 380 g/mol. The number of nitrogens with two attached hydrogens (primary N) is 1. The van der Waals surface area contributed by atoms with E-state index < -0.39 is 5.56 Å². The maximum atomic E-state index is 12.5. The van der Waals surface area contributed by atoms with E-state index in [2.05, 4.69) is 22.0 Å². The van der Waals surface area contributed by atoms with Gasteiger partial charge in [-0.3, -0.25) is 4.79 Å². The molecule has 0 saturated heterocycles. The number of aromatic nitrogens is 4. The molecule has 8 heteroatoms. The number of nitrogens with zero attached hydrogens (tertiary/aromatic N) is 5. The standard InChI is InChI=1S/C19H20N6OS/c1-9-4-5-12-14(6-9)27-18-16(12)17(21)22-15(23-18)8-25-19(26)13(7-20)10(2)11(3)24-25/h9H,4-6,8H2,1-3H3,(H2,21,22,23). The van der Waals surface area contributed by atoms with E-state index in [1.807, 2.05) is 6.07 Å². The normalized spacial score (nSPS) is 16.3. The third-order valence-corrected chi connectivity index (χ3v) is 6.42. The van der Waals surface area contributed by atoms with Crippen molar-refractivity contribution in [2.24, 2.45) is 5.92 Å². The fourth-order valence-corrected chi connectivity index (χ4v) is 5.04. The number of anilines is 1. The van der Waals surface area contributed by atoms with Gasteiger partial charge in [-0.1, -0.05) is 6.92 Å². The minimum absolute atomic E-state index is 0.0910. The van der Waals surface area contributed by atoms with Crippen LogP contribution in [-0.4, -0.2) is 19.7 Å². The lowest BCUT2D eigenvalue weighted by Gasteiger charge is -2.17. The molecule has 3 aromatic heterocycles. The van der Waals surface area contributed by atoms with Gasteiger partial charge in [0.2, 0.25) is 0 Å². The molecule has 3 aromatic rings. The van der Waals surface area contributed by atoms with Crippen molar-refractivity contribution in [3.63, 3.8) is 0 Å². The lowest BCUT2D eigenvalue weighted by atomic mass is 9.89. The van der Waals surface area contributed by atoms with Gasteiger partial charge < -0.3 is 5.73 Å². The minimum Gasteiger partial charge on any atom is -0.383 e. The maximum absolute atomic E-state index is 12.5. The summed E-state index contributed by atoms with van der Waals surface area (Å²) in [6.45, 7) is 5.86. The molecule has 7 nitrogen and oxygen atoms in total. The Balaban J connectivity index is 1.80. The first kappa shape index (κ1) is 17.6. The van der Waals surface area contributed by atoms with E-state index in [-0.39, 0.29) is 12.1 Å².